The first-order chi connectivity index (χ1) is 9.05. The molecule has 0 bridgehead atoms. The number of rotatable bonds is 5. The fourth-order valence-corrected chi connectivity index (χ4v) is 5.06. The predicted molar refractivity (Wildman–Crippen MR) is 76.6 cm³/mol. The zero-order chi connectivity index (χ0) is 13.9. The summed E-state index contributed by atoms with van der Waals surface area (Å²) in [5.74, 6) is 0.636. The minimum Gasteiger partial charge on any atom is -0.391 e. The fourth-order valence-electron chi connectivity index (χ4n) is 2.64. The van der Waals surface area contributed by atoms with Crippen LogP contribution in [0.5, 0.6) is 0 Å². The van der Waals surface area contributed by atoms with Crippen LogP contribution in [0.3, 0.4) is 0 Å². The van der Waals surface area contributed by atoms with Crippen LogP contribution < -0.4 is 4.72 Å². The Bertz CT molecular complexity index is 510. The van der Waals surface area contributed by atoms with Gasteiger partial charge < -0.3 is 5.11 Å². The van der Waals surface area contributed by atoms with E-state index in [1.165, 1.54) is 17.8 Å². The molecule has 1 heterocycles. The van der Waals surface area contributed by atoms with Gasteiger partial charge in [-0.3, -0.25) is 0 Å². The molecule has 2 rings (SSSR count). The molecule has 1 aliphatic rings. The molecular formula is C13H21NO3S2. The molecule has 0 aromatic carbocycles. The van der Waals surface area contributed by atoms with Crippen molar-refractivity contribution in [2.45, 2.75) is 56.6 Å². The van der Waals surface area contributed by atoms with Crippen molar-refractivity contribution in [1.29, 1.82) is 0 Å². The summed E-state index contributed by atoms with van der Waals surface area (Å²) in [6, 6.07) is 1.61. The van der Waals surface area contributed by atoms with Gasteiger partial charge in [-0.1, -0.05) is 26.2 Å². The maximum atomic E-state index is 12.2. The molecule has 108 valence electrons. The van der Waals surface area contributed by atoms with Crippen molar-refractivity contribution in [3.63, 3.8) is 0 Å². The number of hydrogen-bond donors (Lipinski definition) is 2. The predicted octanol–water partition coefficient (Wildman–Crippen LogP) is 2.49. The number of aliphatic hydroxyl groups excluding tert-OH is 1. The zero-order valence-corrected chi connectivity index (χ0v) is 12.8. The number of hydrogen-bond acceptors (Lipinski definition) is 4. The molecule has 0 radical (unpaired) electrons. The topological polar surface area (TPSA) is 66.4 Å². The molecule has 0 amide bonds. The summed E-state index contributed by atoms with van der Waals surface area (Å²) in [6.07, 6.45) is 5.28. The number of thiophene rings is 1. The highest BCUT2D eigenvalue weighted by atomic mass is 32.2. The Kier molecular flexibility index (Phi) is 5.00. The van der Waals surface area contributed by atoms with Gasteiger partial charge in [-0.15, -0.1) is 11.3 Å². The second-order valence-corrected chi connectivity index (χ2v) is 7.88. The van der Waals surface area contributed by atoms with Crippen molar-refractivity contribution >= 4 is 21.4 Å². The second kappa shape index (κ2) is 6.35. The number of aliphatic hydroxyl groups is 1. The van der Waals surface area contributed by atoms with E-state index in [1.807, 2.05) is 0 Å². The Morgan fingerprint density at radius 2 is 2.26 bits per heavy atom. The molecule has 1 aromatic rings. The highest BCUT2D eigenvalue weighted by Gasteiger charge is 2.26. The number of sulfonamides is 1. The lowest BCUT2D eigenvalue weighted by Crippen LogP contribution is -2.38. The summed E-state index contributed by atoms with van der Waals surface area (Å²) in [5.41, 5.74) is 0. The van der Waals surface area contributed by atoms with Crippen LogP contribution in [-0.4, -0.2) is 19.6 Å². The summed E-state index contributed by atoms with van der Waals surface area (Å²) in [6.45, 7) is 2.05. The first-order valence-corrected chi connectivity index (χ1v) is 9.12. The average Bonchev–Trinajstić information content (AvgIpc) is 2.88. The average molecular weight is 303 g/mol. The second-order valence-electron chi connectivity index (χ2n) is 5.17. The van der Waals surface area contributed by atoms with E-state index in [1.54, 1.807) is 11.4 Å². The Balaban J connectivity index is 2.04. The van der Waals surface area contributed by atoms with Gasteiger partial charge in [-0.2, -0.15) is 0 Å². The third kappa shape index (κ3) is 3.78. The first-order valence-electron chi connectivity index (χ1n) is 6.75. The molecule has 4 nitrogen and oxygen atoms in total. The van der Waals surface area contributed by atoms with Gasteiger partial charge >= 0.3 is 0 Å². The molecule has 1 fully saturated rings. The standard InChI is InChI=1S/C13H21NO3S2/c1-2-10-4-3-5-11(6-10)14-19(16,17)13-7-12(8-15)18-9-13/h7,9-11,14-15H,2-6,8H2,1H3. The smallest absolute Gasteiger partial charge is 0.241 e. The van der Waals surface area contributed by atoms with Gasteiger partial charge in [0.1, 0.15) is 0 Å². The van der Waals surface area contributed by atoms with Gasteiger partial charge in [0.2, 0.25) is 10.0 Å². The Labute approximate surface area is 118 Å². The van der Waals surface area contributed by atoms with Gasteiger partial charge in [0.25, 0.3) is 0 Å². The van der Waals surface area contributed by atoms with E-state index in [0.29, 0.717) is 10.8 Å². The highest BCUT2D eigenvalue weighted by Crippen LogP contribution is 2.28. The Morgan fingerprint density at radius 3 is 2.89 bits per heavy atom. The van der Waals surface area contributed by atoms with Gasteiger partial charge in [0.05, 0.1) is 11.5 Å². The minimum absolute atomic E-state index is 0.0566. The van der Waals surface area contributed by atoms with Crippen molar-refractivity contribution < 1.29 is 13.5 Å². The van der Waals surface area contributed by atoms with Crippen molar-refractivity contribution in [3.8, 4) is 0 Å². The maximum Gasteiger partial charge on any atom is 0.241 e. The van der Waals surface area contributed by atoms with Crippen LogP contribution in [0.2, 0.25) is 0 Å². The molecule has 1 saturated carbocycles. The van der Waals surface area contributed by atoms with E-state index in [9.17, 15) is 8.42 Å². The molecule has 2 atom stereocenters. The molecule has 0 aliphatic heterocycles. The molecule has 19 heavy (non-hydrogen) atoms. The minimum atomic E-state index is -3.43. The van der Waals surface area contributed by atoms with Crippen LogP contribution in [0.4, 0.5) is 0 Å². The summed E-state index contributed by atoms with van der Waals surface area (Å²) < 4.78 is 27.3. The normalized spacial score (nSPS) is 24.5. The van der Waals surface area contributed by atoms with E-state index in [2.05, 4.69) is 11.6 Å². The molecule has 0 saturated heterocycles. The van der Waals surface area contributed by atoms with E-state index < -0.39 is 10.0 Å². The molecular weight excluding hydrogens is 282 g/mol. The van der Waals surface area contributed by atoms with Gasteiger partial charge in [-0.05, 0) is 24.8 Å². The van der Waals surface area contributed by atoms with E-state index in [0.717, 1.165) is 25.7 Å². The van der Waals surface area contributed by atoms with Crippen LogP contribution in [0.25, 0.3) is 0 Å². The quantitative estimate of drug-likeness (QED) is 0.878. The lowest BCUT2D eigenvalue weighted by Gasteiger charge is -2.28. The molecule has 1 aliphatic carbocycles. The van der Waals surface area contributed by atoms with Crippen molar-refractivity contribution in [1.82, 2.24) is 4.72 Å². The first kappa shape index (κ1) is 15.0. The Morgan fingerprint density at radius 1 is 1.47 bits per heavy atom. The molecule has 2 unspecified atom stereocenters. The van der Waals surface area contributed by atoms with Crippen LogP contribution in [-0.2, 0) is 16.6 Å². The third-order valence-corrected chi connectivity index (χ3v) is 6.35. The zero-order valence-electron chi connectivity index (χ0n) is 11.1. The van der Waals surface area contributed by atoms with Gasteiger partial charge in [0, 0.05) is 16.3 Å². The summed E-state index contributed by atoms with van der Waals surface area (Å²) >= 11 is 1.27. The highest BCUT2D eigenvalue weighted by molar-refractivity contribution is 7.89. The molecule has 2 N–H and O–H groups in total. The van der Waals surface area contributed by atoms with Crippen LogP contribution in [0.15, 0.2) is 16.3 Å². The molecule has 0 spiro atoms. The molecule has 6 heteroatoms. The van der Waals surface area contributed by atoms with Crippen LogP contribution in [0, 0.1) is 5.92 Å². The van der Waals surface area contributed by atoms with Crippen LogP contribution >= 0.6 is 11.3 Å². The maximum absolute atomic E-state index is 12.2. The van der Waals surface area contributed by atoms with Crippen LogP contribution in [0.1, 0.15) is 43.9 Å². The summed E-state index contributed by atoms with van der Waals surface area (Å²) in [7, 11) is -3.43. The fraction of sp³-hybridized carbons (Fsp3) is 0.692. The number of nitrogens with one attached hydrogen (secondary N) is 1. The van der Waals surface area contributed by atoms with E-state index >= 15 is 0 Å². The lowest BCUT2D eigenvalue weighted by molar-refractivity contribution is 0.285. The summed E-state index contributed by atoms with van der Waals surface area (Å²) in [4.78, 5) is 0.954. The van der Waals surface area contributed by atoms with Crippen molar-refractivity contribution in [2.24, 2.45) is 5.92 Å². The monoisotopic (exact) mass is 303 g/mol. The van der Waals surface area contributed by atoms with E-state index in [4.69, 9.17) is 5.11 Å². The third-order valence-electron chi connectivity index (χ3n) is 3.78. The summed E-state index contributed by atoms with van der Waals surface area (Å²) in [5, 5.41) is 10.6. The van der Waals surface area contributed by atoms with Crippen molar-refractivity contribution in [2.75, 3.05) is 0 Å². The largest absolute Gasteiger partial charge is 0.391 e. The van der Waals surface area contributed by atoms with Crippen molar-refractivity contribution in [3.05, 3.63) is 16.3 Å². The van der Waals surface area contributed by atoms with Gasteiger partial charge in [0.15, 0.2) is 0 Å². The molecule has 1 aromatic heterocycles. The van der Waals surface area contributed by atoms with E-state index in [-0.39, 0.29) is 17.5 Å². The van der Waals surface area contributed by atoms with Gasteiger partial charge in [-0.25, -0.2) is 13.1 Å². The Hall–Kier alpha value is -0.430. The lowest BCUT2D eigenvalue weighted by atomic mass is 9.85. The SMILES string of the molecule is CCC1CCCC(NS(=O)(=O)c2csc(CO)c2)C1.